The predicted molar refractivity (Wildman–Crippen MR) is 68.4 cm³/mol. The largest absolute Gasteiger partial charge is 0.340 e. The summed E-state index contributed by atoms with van der Waals surface area (Å²) in [5.74, 6) is 0.820. The molecule has 0 bridgehead atoms. The number of nitrogens with zero attached hydrogens (tertiary/aromatic N) is 3. The van der Waals surface area contributed by atoms with Gasteiger partial charge in [-0.2, -0.15) is 0 Å². The molecule has 2 saturated heterocycles. The normalized spacial score (nSPS) is 28.9. The maximum absolute atomic E-state index is 5.82. The van der Waals surface area contributed by atoms with Crippen molar-refractivity contribution in [2.24, 2.45) is 5.41 Å². The Morgan fingerprint density at radius 1 is 1.29 bits per heavy atom. The highest BCUT2D eigenvalue weighted by atomic mass is 35.5. The first kappa shape index (κ1) is 11.2. The summed E-state index contributed by atoms with van der Waals surface area (Å²) in [5.41, 5.74) is 0.446. The topological polar surface area (TPSA) is 41.1 Å². The van der Waals surface area contributed by atoms with E-state index in [2.05, 4.69) is 20.2 Å². The van der Waals surface area contributed by atoms with Crippen LogP contribution in [0.2, 0.25) is 5.02 Å². The molecule has 3 rings (SSSR count). The molecule has 1 unspecified atom stereocenters. The van der Waals surface area contributed by atoms with Crippen LogP contribution < -0.4 is 10.2 Å². The lowest BCUT2D eigenvalue weighted by Crippen LogP contribution is -2.45. The number of aromatic nitrogens is 2. The number of nitrogens with one attached hydrogen (secondary N) is 1. The van der Waals surface area contributed by atoms with Crippen LogP contribution in [0.1, 0.15) is 19.3 Å². The van der Waals surface area contributed by atoms with Crippen LogP contribution in [0.25, 0.3) is 0 Å². The van der Waals surface area contributed by atoms with Gasteiger partial charge in [0, 0.05) is 25.0 Å². The molecule has 3 heterocycles. The van der Waals surface area contributed by atoms with E-state index in [4.69, 9.17) is 11.6 Å². The molecule has 92 valence electrons. The lowest BCUT2D eigenvalue weighted by molar-refractivity contribution is 0.259. The van der Waals surface area contributed by atoms with Crippen molar-refractivity contribution in [3.63, 3.8) is 0 Å². The zero-order valence-corrected chi connectivity index (χ0v) is 10.6. The van der Waals surface area contributed by atoms with Crippen LogP contribution in [-0.2, 0) is 0 Å². The molecule has 1 N–H and O–H groups in total. The third-order valence-electron chi connectivity index (χ3n) is 3.88. The fourth-order valence-electron chi connectivity index (χ4n) is 2.99. The van der Waals surface area contributed by atoms with Gasteiger partial charge in [0.15, 0.2) is 0 Å². The summed E-state index contributed by atoms with van der Waals surface area (Å²) in [6, 6.07) is 0. The van der Waals surface area contributed by atoms with Crippen LogP contribution in [0.5, 0.6) is 0 Å². The third-order valence-corrected chi connectivity index (χ3v) is 4.08. The standard InChI is InChI=1S/C12H17ClN4/c13-10-6-15-11(16-7-10)17-5-1-2-12(9-17)3-4-14-8-12/h6-7,14H,1-5,8-9H2. The van der Waals surface area contributed by atoms with Gasteiger partial charge in [0.1, 0.15) is 0 Å². The molecule has 4 nitrogen and oxygen atoms in total. The van der Waals surface area contributed by atoms with Gasteiger partial charge >= 0.3 is 0 Å². The van der Waals surface area contributed by atoms with Gasteiger partial charge in [0.2, 0.25) is 5.95 Å². The van der Waals surface area contributed by atoms with Crippen molar-refractivity contribution in [3.8, 4) is 0 Å². The first-order valence-corrected chi connectivity index (χ1v) is 6.59. The second kappa shape index (κ2) is 4.42. The Hall–Kier alpha value is -0.870. The second-order valence-electron chi connectivity index (χ2n) is 5.15. The quantitative estimate of drug-likeness (QED) is 0.826. The highest BCUT2D eigenvalue weighted by Gasteiger charge is 2.38. The molecule has 17 heavy (non-hydrogen) atoms. The van der Waals surface area contributed by atoms with E-state index in [1.165, 1.54) is 19.3 Å². The zero-order chi connectivity index (χ0) is 11.7. The van der Waals surface area contributed by atoms with Gasteiger partial charge < -0.3 is 10.2 Å². The van der Waals surface area contributed by atoms with E-state index in [9.17, 15) is 0 Å². The molecular weight excluding hydrogens is 236 g/mol. The Labute approximate surface area is 106 Å². The van der Waals surface area contributed by atoms with Gasteiger partial charge in [-0.25, -0.2) is 9.97 Å². The van der Waals surface area contributed by atoms with E-state index in [-0.39, 0.29) is 0 Å². The van der Waals surface area contributed by atoms with Crippen molar-refractivity contribution >= 4 is 17.5 Å². The Morgan fingerprint density at radius 3 is 2.82 bits per heavy atom. The molecule has 2 fully saturated rings. The average Bonchev–Trinajstić information content (AvgIpc) is 2.78. The molecule has 2 aliphatic rings. The highest BCUT2D eigenvalue weighted by molar-refractivity contribution is 6.30. The van der Waals surface area contributed by atoms with E-state index in [0.29, 0.717) is 10.4 Å². The number of piperidine rings is 1. The smallest absolute Gasteiger partial charge is 0.225 e. The van der Waals surface area contributed by atoms with Crippen molar-refractivity contribution in [2.75, 3.05) is 31.1 Å². The fraction of sp³-hybridized carbons (Fsp3) is 0.667. The molecular formula is C12H17ClN4. The molecule has 0 radical (unpaired) electrons. The lowest BCUT2D eigenvalue weighted by Gasteiger charge is -2.39. The van der Waals surface area contributed by atoms with Crippen molar-refractivity contribution in [2.45, 2.75) is 19.3 Å². The van der Waals surface area contributed by atoms with Gasteiger partial charge in [0.05, 0.1) is 17.4 Å². The zero-order valence-electron chi connectivity index (χ0n) is 9.82. The Morgan fingerprint density at radius 2 is 2.12 bits per heavy atom. The first-order valence-electron chi connectivity index (χ1n) is 6.21. The molecule has 0 aliphatic carbocycles. The number of halogens is 1. The maximum Gasteiger partial charge on any atom is 0.225 e. The van der Waals surface area contributed by atoms with Crippen LogP contribution in [0, 0.1) is 5.41 Å². The predicted octanol–water partition coefficient (Wildman–Crippen LogP) is 1.71. The van der Waals surface area contributed by atoms with Crippen molar-refractivity contribution < 1.29 is 0 Å². The van der Waals surface area contributed by atoms with Crippen LogP contribution in [0.4, 0.5) is 5.95 Å². The highest BCUT2D eigenvalue weighted by Crippen LogP contribution is 2.36. The second-order valence-corrected chi connectivity index (χ2v) is 5.59. The number of rotatable bonds is 1. The summed E-state index contributed by atoms with van der Waals surface area (Å²) in [6.07, 6.45) is 7.19. The molecule has 1 atom stereocenters. The maximum atomic E-state index is 5.82. The van der Waals surface area contributed by atoms with E-state index >= 15 is 0 Å². The van der Waals surface area contributed by atoms with Gasteiger partial charge in [-0.3, -0.25) is 0 Å². The summed E-state index contributed by atoms with van der Waals surface area (Å²) >= 11 is 5.82. The number of hydrogen-bond donors (Lipinski definition) is 1. The third kappa shape index (κ3) is 2.24. The average molecular weight is 253 g/mol. The Balaban J connectivity index is 1.77. The van der Waals surface area contributed by atoms with Crippen molar-refractivity contribution in [3.05, 3.63) is 17.4 Å². The van der Waals surface area contributed by atoms with Crippen LogP contribution in [0.3, 0.4) is 0 Å². The Kier molecular flexibility index (Phi) is 2.92. The van der Waals surface area contributed by atoms with Gasteiger partial charge in [-0.15, -0.1) is 0 Å². The SMILES string of the molecule is Clc1cnc(N2CCCC3(CCNC3)C2)nc1. The van der Waals surface area contributed by atoms with E-state index in [1.807, 2.05) is 0 Å². The van der Waals surface area contributed by atoms with Crippen molar-refractivity contribution in [1.82, 2.24) is 15.3 Å². The van der Waals surface area contributed by atoms with Crippen LogP contribution in [0.15, 0.2) is 12.4 Å². The molecule has 0 aromatic carbocycles. The molecule has 2 aliphatic heterocycles. The lowest BCUT2D eigenvalue weighted by atomic mass is 9.79. The summed E-state index contributed by atoms with van der Waals surface area (Å²) in [6.45, 7) is 4.41. The summed E-state index contributed by atoms with van der Waals surface area (Å²) < 4.78 is 0. The van der Waals surface area contributed by atoms with Crippen LogP contribution >= 0.6 is 11.6 Å². The van der Waals surface area contributed by atoms with Gasteiger partial charge in [-0.1, -0.05) is 11.6 Å². The summed E-state index contributed by atoms with van der Waals surface area (Å²) in [5, 5.41) is 4.08. The molecule has 1 aromatic heterocycles. The first-order chi connectivity index (χ1) is 8.27. The Bertz CT molecular complexity index is 386. The molecule has 0 amide bonds. The summed E-state index contributed by atoms with van der Waals surface area (Å²) in [4.78, 5) is 10.9. The molecule has 0 saturated carbocycles. The number of hydrogen-bond acceptors (Lipinski definition) is 4. The van der Waals surface area contributed by atoms with Crippen molar-refractivity contribution in [1.29, 1.82) is 0 Å². The van der Waals surface area contributed by atoms with E-state index in [0.717, 1.165) is 32.1 Å². The minimum Gasteiger partial charge on any atom is -0.340 e. The van der Waals surface area contributed by atoms with E-state index < -0.39 is 0 Å². The minimum absolute atomic E-state index is 0.446. The van der Waals surface area contributed by atoms with Gasteiger partial charge in [-0.05, 0) is 25.8 Å². The number of anilines is 1. The molecule has 1 spiro atoms. The van der Waals surface area contributed by atoms with Gasteiger partial charge in [0.25, 0.3) is 0 Å². The monoisotopic (exact) mass is 252 g/mol. The van der Waals surface area contributed by atoms with E-state index in [1.54, 1.807) is 12.4 Å². The molecule has 5 heteroatoms. The minimum atomic E-state index is 0.446. The van der Waals surface area contributed by atoms with Crippen LogP contribution in [-0.4, -0.2) is 36.1 Å². The molecule has 1 aromatic rings. The summed E-state index contributed by atoms with van der Waals surface area (Å²) in [7, 11) is 0. The fourth-order valence-corrected chi connectivity index (χ4v) is 3.09.